The largest absolute Gasteiger partial charge is 0.465 e. The average molecular weight is 488 g/mol. The van der Waals surface area contributed by atoms with Crippen molar-refractivity contribution in [3.63, 3.8) is 0 Å². The molecule has 34 heavy (non-hydrogen) atoms. The number of nitrogens with zero attached hydrogens (tertiary/aromatic N) is 4. The first-order valence-electron chi connectivity index (χ1n) is 10.9. The van der Waals surface area contributed by atoms with Crippen molar-refractivity contribution in [2.45, 2.75) is 59.4 Å². The molecule has 0 aliphatic heterocycles. The summed E-state index contributed by atoms with van der Waals surface area (Å²) >= 11 is 1.39. The number of ether oxygens (including phenoxy) is 1. The van der Waals surface area contributed by atoms with Crippen molar-refractivity contribution in [2.75, 3.05) is 12.4 Å². The highest BCUT2D eigenvalue weighted by Crippen LogP contribution is 2.38. The molecule has 180 valence electrons. The van der Waals surface area contributed by atoms with Crippen molar-refractivity contribution in [2.24, 2.45) is 0 Å². The first-order chi connectivity index (χ1) is 16.2. The summed E-state index contributed by atoms with van der Waals surface area (Å²) in [5, 5.41) is 22.8. The molecule has 1 aliphatic rings. The topological polar surface area (TPSA) is 142 Å². The molecule has 3 heterocycles. The molecule has 4 rings (SSSR count). The van der Waals surface area contributed by atoms with Crippen LogP contribution in [0.2, 0.25) is 0 Å². The summed E-state index contributed by atoms with van der Waals surface area (Å²) in [5.74, 6) is -0.624. The second-order valence-electron chi connectivity index (χ2n) is 8.21. The Bertz CT molecular complexity index is 1290. The summed E-state index contributed by atoms with van der Waals surface area (Å²) in [5.41, 5.74) is 2.41. The summed E-state index contributed by atoms with van der Waals surface area (Å²) in [6.45, 7) is 4.89. The zero-order valence-electron chi connectivity index (χ0n) is 19.4. The number of nitrogens with one attached hydrogen (secondary N) is 1. The first kappa shape index (κ1) is 23.6. The molecule has 0 bridgehead atoms. The molecule has 0 radical (unpaired) electrons. The average Bonchev–Trinajstić information content (AvgIpc) is 3.34. The smallest absolute Gasteiger partial charge is 0.341 e. The summed E-state index contributed by atoms with van der Waals surface area (Å²) in [4.78, 5) is 37.7. The SMILES string of the molecule is COC(=O)c1c(NC(=O)c2noc(C)c2Cn2nc(C)c([N+](=O)[O-])c2C)sc2c1CCCCC2. The van der Waals surface area contributed by atoms with E-state index in [0.717, 1.165) is 42.5 Å². The molecule has 11 nitrogen and oxygen atoms in total. The van der Waals surface area contributed by atoms with Gasteiger partial charge in [0.2, 0.25) is 0 Å². The molecule has 0 saturated heterocycles. The van der Waals surface area contributed by atoms with E-state index < -0.39 is 16.8 Å². The summed E-state index contributed by atoms with van der Waals surface area (Å²) in [7, 11) is 1.32. The molecule has 12 heteroatoms. The number of thiophene rings is 1. The monoisotopic (exact) mass is 487 g/mol. The quantitative estimate of drug-likeness (QED) is 0.237. The Hall–Kier alpha value is -3.54. The van der Waals surface area contributed by atoms with Gasteiger partial charge < -0.3 is 14.6 Å². The van der Waals surface area contributed by atoms with E-state index in [2.05, 4.69) is 15.6 Å². The van der Waals surface area contributed by atoms with Crippen LogP contribution in [0.25, 0.3) is 0 Å². The molecular weight excluding hydrogens is 462 g/mol. The minimum absolute atomic E-state index is 0.0344. The maximum absolute atomic E-state index is 13.2. The Morgan fingerprint density at radius 2 is 1.97 bits per heavy atom. The van der Waals surface area contributed by atoms with E-state index in [1.54, 1.807) is 20.8 Å². The summed E-state index contributed by atoms with van der Waals surface area (Å²) < 4.78 is 11.7. The van der Waals surface area contributed by atoms with Gasteiger partial charge in [0.05, 0.1) is 24.1 Å². The van der Waals surface area contributed by atoms with Crippen LogP contribution in [0, 0.1) is 30.9 Å². The van der Waals surface area contributed by atoms with Gasteiger partial charge in [0.15, 0.2) is 5.69 Å². The van der Waals surface area contributed by atoms with E-state index in [1.807, 2.05) is 0 Å². The Morgan fingerprint density at radius 3 is 2.65 bits per heavy atom. The molecule has 0 atom stereocenters. The molecule has 1 aliphatic carbocycles. The van der Waals surface area contributed by atoms with Gasteiger partial charge in [-0.15, -0.1) is 11.3 Å². The lowest BCUT2D eigenvalue weighted by molar-refractivity contribution is -0.386. The number of carbonyl (C=O) groups is 2. The van der Waals surface area contributed by atoms with Gasteiger partial charge in [-0.1, -0.05) is 11.6 Å². The van der Waals surface area contributed by atoms with Gasteiger partial charge in [0.25, 0.3) is 5.91 Å². The normalized spacial score (nSPS) is 13.3. The number of rotatable bonds is 6. The second kappa shape index (κ2) is 9.37. The van der Waals surface area contributed by atoms with Crippen LogP contribution in [0.1, 0.15) is 73.3 Å². The van der Waals surface area contributed by atoms with Crippen molar-refractivity contribution in [3.8, 4) is 0 Å². The van der Waals surface area contributed by atoms with Crippen LogP contribution in [-0.4, -0.2) is 38.8 Å². The van der Waals surface area contributed by atoms with Crippen LogP contribution in [0.15, 0.2) is 4.52 Å². The van der Waals surface area contributed by atoms with Crippen LogP contribution in [-0.2, 0) is 24.1 Å². The minimum atomic E-state index is -0.538. The Morgan fingerprint density at radius 1 is 1.24 bits per heavy atom. The Balaban J connectivity index is 1.66. The molecular formula is C22H25N5O6S. The van der Waals surface area contributed by atoms with Crippen molar-refractivity contribution in [1.82, 2.24) is 14.9 Å². The van der Waals surface area contributed by atoms with E-state index >= 15 is 0 Å². The number of hydrogen-bond donors (Lipinski definition) is 1. The fourth-order valence-electron chi connectivity index (χ4n) is 4.32. The van der Waals surface area contributed by atoms with Crippen molar-refractivity contribution >= 4 is 33.9 Å². The molecule has 3 aromatic rings. The van der Waals surface area contributed by atoms with Crippen molar-refractivity contribution < 1.29 is 23.8 Å². The standard InChI is InChI=1S/C22H25N5O6S/c1-11-19(27(30)31)12(2)26(24-11)10-15-13(3)33-25-18(15)20(28)23-21-17(22(29)32-4)14-8-6-5-7-9-16(14)34-21/h5-10H2,1-4H3,(H,23,28). The van der Waals surface area contributed by atoms with E-state index in [9.17, 15) is 19.7 Å². The van der Waals surface area contributed by atoms with Crippen LogP contribution in [0.4, 0.5) is 10.7 Å². The van der Waals surface area contributed by atoms with Crippen molar-refractivity contribution in [3.05, 3.63) is 54.5 Å². The lowest BCUT2D eigenvalue weighted by atomic mass is 10.1. The van der Waals surface area contributed by atoms with Crippen LogP contribution in [0.3, 0.4) is 0 Å². The lowest BCUT2D eigenvalue weighted by Crippen LogP contribution is -2.18. The summed E-state index contributed by atoms with van der Waals surface area (Å²) in [6, 6.07) is 0. The van der Waals surface area contributed by atoms with Crippen molar-refractivity contribution in [1.29, 1.82) is 0 Å². The zero-order chi connectivity index (χ0) is 24.6. The maximum Gasteiger partial charge on any atom is 0.341 e. The van der Waals surface area contributed by atoms with Crippen LogP contribution in [0.5, 0.6) is 0 Å². The van der Waals surface area contributed by atoms with Gasteiger partial charge in [-0.2, -0.15) is 5.10 Å². The highest BCUT2D eigenvalue weighted by Gasteiger charge is 2.29. The predicted molar refractivity (Wildman–Crippen MR) is 124 cm³/mol. The number of aromatic nitrogens is 3. The van der Waals surface area contributed by atoms with Crippen LogP contribution < -0.4 is 5.32 Å². The molecule has 3 aromatic heterocycles. The zero-order valence-corrected chi connectivity index (χ0v) is 20.2. The first-order valence-corrected chi connectivity index (χ1v) is 11.7. The van der Waals surface area contributed by atoms with Gasteiger partial charge in [-0.3, -0.25) is 19.6 Å². The van der Waals surface area contributed by atoms with Gasteiger partial charge >= 0.3 is 11.7 Å². The number of carbonyl (C=O) groups excluding carboxylic acids is 2. The number of hydrogen-bond acceptors (Lipinski definition) is 9. The van der Waals surface area contributed by atoms with E-state index in [1.165, 1.54) is 23.1 Å². The fourth-order valence-corrected chi connectivity index (χ4v) is 5.59. The Labute approximate surface area is 199 Å². The molecule has 0 aromatic carbocycles. The number of nitro groups is 1. The van der Waals surface area contributed by atoms with E-state index in [4.69, 9.17) is 9.26 Å². The molecule has 0 spiro atoms. The highest BCUT2D eigenvalue weighted by atomic mass is 32.1. The van der Waals surface area contributed by atoms with Gasteiger partial charge in [-0.05, 0) is 52.0 Å². The fraction of sp³-hybridized carbons (Fsp3) is 0.455. The maximum atomic E-state index is 13.2. The van der Waals surface area contributed by atoms with Gasteiger partial charge in [0.1, 0.15) is 22.1 Å². The molecule has 0 saturated carbocycles. The number of methoxy groups -OCH3 is 1. The van der Waals surface area contributed by atoms with Gasteiger partial charge in [0, 0.05) is 10.4 Å². The number of esters is 1. The molecule has 0 fully saturated rings. The molecule has 0 unspecified atom stereocenters. The third kappa shape index (κ3) is 4.20. The van der Waals surface area contributed by atoms with E-state index in [-0.39, 0.29) is 23.6 Å². The number of amides is 1. The number of fused-ring (bicyclic) bond motifs is 1. The van der Waals surface area contributed by atoms with Gasteiger partial charge in [-0.25, -0.2) is 4.79 Å². The Kier molecular flexibility index (Phi) is 6.51. The predicted octanol–water partition coefficient (Wildman–Crippen LogP) is 4.12. The molecule has 1 amide bonds. The lowest BCUT2D eigenvalue weighted by Gasteiger charge is -2.08. The third-order valence-corrected chi connectivity index (χ3v) is 7.28. The molecule has 1 N–H and O–H groups in total. The summed E-state index contributed by atoms with van der Waals surface area (Å²) in [6.07, 6.45) is 4.71. The number of aryl methyl sites for hydroxylation is 3. The minimum Gasteiger partial charge on any atom is -0.465 e. The number of anilines is 1. The van der Waals surface area contributed by atoms with Crippen LogP contribution >= 0.6 is 11.3 Å². The third-order valence-electron chi connectivity index (χ3n) is 6.07. The highest BCUT2D eigenvalue weighted by molar-refractivity contribution is 7.17. The second-order valence-corrected chi connectivity index (χ2v) is 9.32. The van der Waals surface area contributed by atoms with E-state index in [0.29, 0.717) is 27.6 Å².